The fourth-order valence-electron chi connectivity index (χ4n) is 5.07. The molecule has 3 amide bonds. The van der Waals surface area contributed by atoms with Gasteiger partial charge in [0.25, 0.3) is 0 Å². The predicted molar refractivity (Wildman–Crippen MR) is 139 cm³/mol. The second kappa shape index (κ2) is 11.8. The van der Waals surface area contributed by atoms with Crippen LogP contribution in [0.5, 0.6) is 0 Å². The number of urea groups is 1. The van der Waals surface area contributed by atoms with Crippen LogP contribution in [0.2, 0.25) is 10.0 Å². The Morgan fingerprint density at radius 2 is 1.83 bits per heavy atom. The fourth-order valence-corrected chi connectivity index (χ4v) is 5.38. The van der Waals surface area contributed by atoms with Crippen molar-refractivity contribution in [3.05, 3.63) is 45.1 Å². The van der Waals surface area contributed by atoms with Gasteiger partial charge in [-0.25, -0.2) is 9.59 Å². The minimum absolute atomic E-state index is 0.180. The molecule has 1 aromatic carbocycles. The number of hydrogen-bond acceptors (Lipinski definition) is 5. The van der Waals surface area contributed by atoms with Crippen molar-refractivity contribution in [2.24, 2.45) is 5.92 Å². The van der Waals surface area contributed by atoms with Gasteiger partial charge in [0.1, 0.15) is 0 Å². The van der Waals surface area contributed by atoms with Gasteiger partial charge in [-0.2, -0.15) is 0 Å². The molecule has 1 aromatic rings. The Bertz CT molecular complexity index is 1040. The second-order valence-electron chi connectivity index (χ2n) is 9.46. The first-order valence-electron chi connectivity index (χ1n) is 12.8. The van der Waals surface area contributed by atoms with Crippen LogP contribution >= 0.6 is 23.2 Å². The van der Waals surface area contributed by atoms with Gasteiger partial charge < -0.3 is 15.0 Å². The van der Waals surface area contributed by atoms with Gasteiger partial charge in [0.05, 0.1) is 28.3 Å². The van der Waals surface area contributed by atoms with E-state index in [9.17, 15) is 14.4 Å². The Kier molecular flexibility index (Phi) is 8.80. The van der Waals surface area contributed by atoms with E-state index in [0.717, 1.165) is 38.8 Å². The van der Waals surface area contributed by atoms with Crippen LogP contribution in [-0.4, -0.2) is 78.5 Å². The first-order valence-corrected chi connectivity index (χ1v) is 13.5. The summed E-state index contributed by atoms with van der Waals surface area (Å²) in [5.41, 5.74) is 1.67. The minimum atomic E-state index is -0.715. The van der Waals surface area contributed by atoms with Gasteiger partial charge >= 0.3 is 12.0 Å². The van der Waals surface area contributed by atoms with Crippen molar-refractivity contribution >= 4 is 41.1 Å². The smallest absolute Gasteiger partial charge is 0.338 e. The topological polar surface area (TPSA) is 82.2 Å². The first-order chi connectivity index (χ1) is 17.3. The summed E-state index contributed by atoms with van der Waals surface area (Å²) in [6.45, 7) is 7.48. The second-order valence-corrected chi connectivity index (χ2v) is 10.3. The molecule has 1 unspecified atom stereocenters. The largest absolute Gasteiger partial charge is 0.463 e. The molecule has 1 N–H and O–H groups in total. The summed E-state index contributed by atoms with van der Waals surface area (Å²) >= 11 is 12.4. The lowest BCUT2D eigenvalue weighted by Crippen LogP contribution is -2.51. The molecule has 2 aliphatic heterocycles. The molecule has 36 heavy (non-hydrogen) atoms. The van der Waals surface area contributed by atoms with Crippen molar-refractivity contribution in [2.45, 2.75) is 45.6 Å². The van der Waals surface area contributed by atoms with E-state index in [2.05, 4.69) is 10.2 Å². The molecule has 1 saturated heterocycles. The maximum Gasteiger partial charge on any atom is 0.338 e. The number of halogens is 2. The van der Waals surface area contributed by atoms with Crippen molar-refractivity contribution in [3.8, 4) is 0 Å². The van der Waals surface area contributed by atoms with Crippen molar-refractivity contribution in [2.75, 3.05) is 45.9 Å². The van der Waals surface area contributed by atoms with Crippen LogP contribution in [0.25, 0.3) is 0 Å². The molecule has 0 bridgehead atoms. The van der Waals surface area contributed by atoms with E-state index >= 15 is 0 Å². The summed E-state index contributed by atoms with van der Waals surface area (Å²) in [6, 6.07) is 4.08. The van der Waals surface area contributed by atoms with E-state index in [-0.39, 0.29) is 24.5 Å². The number of rotatable bonds is 7. The normalized spacial score (nSPS) is 21.7. The number of carbonyl (C=O) groups is 3. The van der Waals surface area contributed by atoms with Crippen LogP contribution < -0.4 is 5.32 Å². The number of nitrogens with one attached hydrogen (secondary N) is 1. The summed E-state index contributed by atoms with van der Waals surface area (Å²) in [5.74, 6) is -0.0284. The maximum atomic E-state index is 13.3. The highest BCUT2D eigenvalue weighted by Gasteiger charge is 2.39. The molecule has 8 nitrogen and oxygen atoms in total. The summed E-state index contributed by atoms with van der Waals surface area (Å²) in [7, 11) is 0. The average molecular weight is 537 g/mol. The Balaban J connectivity index is 1.64. The molecule has 1 aliphatic carbocycles. The van der Waals surface area contributed by atoms with Gasteiger partial charge in [0.15, 0.2) is 0 Å². The number of esters is 1. The monoisotopic (exact) mass is 536 g/mol. The molecular weight excluding hydrogens is 503 g/mol. The fraction of sp³-hybridized carbons (Fsp3) is 0.577. The average Bonchev–Trinajstić information content (AvgIpc) is 3.05. The SMILES string of the molecule is CCOC(=O)C1=C(CN2CCCN(C(=O)C3CCC3)CC2)N(CC)C(=O)NC1c1ccc(Cl)c(Cl)c1. The van der Waals surface area contributed by atoms with Gasteiger partial charge in [-0.1, -0.05) is 35.7 Å². The van der Waals surface area contributed by atoms with Gasteiger partial charge in [-0.15, -0.1) is 0 Å². The van der Waals surface area contributed by atoms with Crippen LogP contribution in [0.15, 0.2) is 29.5 Å². The molecule has 0 aromatic heterocycles. The molecular formula is C26H34Cl2N4O4. The van der Waals surface area contributed by atoms with E-state index in [0.29, 0.717) is 53.1 Å². The molecule has 0 spiro atoms. The van der Waals surface area contributed by atoms with Gasteiger partial charge in [-0.3, -0.25) is 14.6 Å². The predicted octanol–water partition coefficient (Wildman–Crippen LogP) is 4.23. The molecule has 0 radical (unpaired) electrons. The number of hydrogen-bond donors (Lipinski definition) is 1. The van der Waals surface area contributed by atoms with Crippen molar-refractivity contribution < 1.29 is 19.1 Å². The molecule has 2 heterocycles. The molecule has 3 aliphatic rings. The Morgan fingerprint density at radius 3 is 2.47 bits per heavy atom. The van der Waals surface area contributed by atoms with Gasteiger partial charge in [0, 0.05) is 50.9 Å². The number of ether oxygens (including phenoxy) is 1. The number of likely N-dealkylation sites (N-methyl/N-ethyl adjacent to an activating group) is 1. The van der Waals surface area contributed by atoms with Crippen LogP contribution in [0.3, 0.4) is 0 Å². The van der Waals surface area contributed by atoms with Crippen LogP contribution in [0.1, 0.15) is 51.1 Å². The number of nitrogens with zero attached hydrogens (tertiary/aromatic N) is 3. The van der Waals surface area contributed by atoms with E-state index in [1.165, 1.54) is 0 Å². The Morgan fingerprint density at radius 1 is 1.06 bits per heavy atom. The van der Waals surface area contributed by atoms with Crippen LogP contribution in [0.4, 0.5) is 4.79 Å². The number of benzene rings is 1. The maximum absolute atomic E-state index is 13.3. The third kappa shape index (κ3) is 5.66. The molecule has 10 heteroatoms. The van der Waals surface area contributed by atoms with Crippen molar-refractivity contribution in [1.82, 2.24) is 20.0 Å². The summed E-state index contributed by atoms with van der Waals surface area (Å²) in [5, 5.41) is 3.69. The summed E-state index contributed by atoms with van der Waals surface area (Å²) < 4.78 is 5.45. The van der Waals surface area contributed by atoms with Crippen molar-refractivity contribution in [3.63, 3.8) is 0 Å². The van der Waals surface area contributed by atoms with Crippen molar-refractivity contribution in [1.29, 1.82) is 0 Å². The molecule has 4 rings (SSSR count). The lowest BCUT2D eigenvalue weighted by Gasteiger charge is -2.38. The molecule has 2 fully saturated rings. The van der Waals surface area contributed by atoms with E-state index < -0.39 is 12.0 Å². The van der Waals surface area contributed by atoms with Gasteiger partial charge in [0.2, 0.25) is 5.91 Å². The number of carbonyl (C=O) groups excluding carboxylic acids is 3. The molecule has 1 atom stereocenters. The zero-order valence-corrected chi connectivity index (χ0v) is 22.4. The number of amides is 3. The third-order valence-electron chi connectivity index (χ3n) is 7.25. The summed E-state index contributed by atoms with van der Waals surface area (Å²) in [4.78, 5) is 45.0. The lowest BCUT2D eigenvalue weighted by molar-refractivity contribution is -0.139. The highest BCUT2D eigenvalue weighted by atomic mass is 35.5. The highest BCUT2D eigenvalue weighted by Crippen LogP contribution is 2.35. The standard InChI is InChI=1S/C26H34Cl2N4O4/c1-3-32-21(16-30-11-6-12-31(14-13-30)24(33)17-7-5-8-17)22(25(34)36-4-2)23(29-26(32)35)18-9-10-19(27)20(28)15-18/h9-10,15,17,23H,3-8,11-14,16H2,1-2H3,(H,29,35). The third-order valence-corrected chi connectivity index (χ3v) is 7.99. The van der Waals surface area contributed by atoms with E-state index in [4.69, 9.17) is 27.9 Å². The van der Waals surface area contributed by atoms with Crippen LogP contribution in [-0.2, 0) is 14.3 Å². The molecule has 196 valence electrons. The quantitative estimate of drug-likeness (QED) is 0.527. The minimum Gasteiger partial charge on any atom is -0.463 e. The molecule has 1 saturated carbocycles. The van der Waals surface area contributed by atoms with Crippen LogP contribution in [0, 0.1) is 5.92 Å². The van der Waals surface area contributed by atoms with E-state index in [1.807, 2.05) is 11.8 Å². The highest BCUT2D eigenvalue weighted by molar-refractivity contribution is 6.42. The summed E-state index contributed by atoms with van der Waals surface area (Å²) in [6.07, 6.45) is 3.96. The Labute approximate surface area is 222 Å². The Hall–Kier alpha value is -2.29. The zero-order chi connectivity index (χ0) is 25.8. The zero-order valence-electron chi connectivity index (χ0n) is 20.9. The lowest BCUT2D eigenvalue weighted by atomic mass is 9.84. The van der Waals surface area contributed by atoms with E-state index in [1.54, 1.807) is 30.0 Å². The first kappa shape index (κ1) is 26.8. The van der Waals surface area contributed by atoms with Gasteiger partial charge in [-0.05, 0) is 50.8 Å².